The molecule has 0 spiro atoms. The molecule has 0 saturated carbocycles. The Bertz CT molecular complexity index is 534. The summed E-state index contributed by atoms with van der Waals surface area (Å²) in [6.07, 6.45) is 1.55. The maximum Gasteiger partial charge on any atom is 0.243 e. The van der Waals surface area contributed by atoms with Crippen molar-refractivity contribution < 1.29 is 4.74 Å². The smallest absolute Gasteiger partial charge is 0.243 e. The molecule has 0 unspecified atom stereocenters. The van der Waals surface area contributed by atoms with Gasteiger partial charge in [-0.05, 0) is 18.2 Å². The Balaban J connectivity index is 2.34. The first-order valence-electron chi connectivity index (χ1n) is 4.84. The summed E-state index contributed by atoms with van der Waals surface area (Å²) in [5, 5.41) is 8.57. The van der Waals surface area contributed by atoms with Gasteiger partial charge in [-0.2, -0.15) is 5.10 Å². The third kappa shape index (κ3) is 2.85. The van der Waals surface area contributed by atoms with Gasteiger partial charge in [-0.15, -0.1) is 5.10 Å². The van der Waals surface area contributed by atoms with E-state index in [0.717, 1.165) is 5.56 Å². The van der Waals surface area contributed by atoms with Crippen molar-refractivity contribution in [2.24, 2.45) is 5.73 Å². The summed E-state index contributed by atoms with van der Waals surface area (Å²) in [6, 6.07) is 6.68. The van der Waals surface area contributed by atoms with E-state index in [9.17, 15) is 0 Å². The quantitative estimate of drug-likeness (QED) is 0.931. The maximum atomic E-state index is 5.98. The van der Waals surface area contributed by atoms with Crippen molar-refractivity contribution in [3.63, 3.8) is 0 Å². The Morgan fingerprint density at radius 1 is 1.24 bits per heavy atom. The van der Waals surface area contributed by atoms with Crippen LogP contribution in [-0.2, 0) is 6.54 Å². The van der Waals surface area contributed by atoms with E-state index in [2.05, 4.69) is 10.2 Å². The molecule has 2 N–H and O–H groups in total. The largest absolute Gasteiger partial charge is 0.436 e. The molecule has 4 nitrogen and oxygen atoms in total. The molecule has 1 heterocycles. The highest BCUT2D eigenvalue weighted by Crippen LogP contribution is 2.31. The molecule has 1 aromatic carbocycles. The van der Waals surface area contributed by atoms with Crippen molar-refractivity contribution in [3.05, 3.63) is 46.1 Å². The summed E-state index contributed by atoms with van der Waals surface area (Å²) in [5.41, 5.74) is 6.31. The summed E-state index contributed by atoms with van der Waals surface area (Å²) >= 11 is 11.8. The lowest BCUT2D eigenvalue weighted by molar-refractivity contribution is 0.448. The van der Waals surface area contributed by atoms with Crippen LogP contribution in [0, 0.1) is 0 Å². The molecule has 0 aliphatic carbocycles. The van der Waals surface area contributed by atoms with Gasteiger partial charge < -0.3 is 10.5 Å². The third-order valence-electron chi connectivity index (χ3n) is 2.09. The van der Waals surface area contributed by atoms with E-state index in [-0.39, 0.29) is 0 Å². The first kappa shape index (κ1) is 12.1. The van der Waals surface area contributed by atoms with Gasteiger partial charge in [-0.3, -0.25) is 0 Å². The second kappa shape index (κ2) is 5.31. The zero-order chi connectivity index (χ0) is 12.3. The lowest BCUT2D eigenvalue weighted by Crippen LogP contribution is -2.02. The SMILES string of the molecule is NCc1ccnnc1Oc1cc(Cl)ccc1Cl. The van der Waals surface area contributed by atoms with E-state index < -0.39 is 0 Å². The van der Waals surface area contributed by atoms with Gasteiger partial charge >= 0.3 is 0 Å². The minimum absolute atomic E-state index is 0.309. The van der Waals surface area contributed by atoms with Crippen LogP contribution in [0.3, 0.4) is 0 Å². The van der Waals surface area contributed by atoms with Crippen molar-refractivity contribution in [3.8, 4) is 11.6 Å². The molecular formula is C11H9Cl2N3O. The van der Waals surface area contributed by atoms with Gasteiger partial charge in [0.05, 0.1) is 11.2 Å². The van der Waals surface area contributed by atoms with Crippen LogP contribution in [0.15, 0.2) is 30.5 Å². The molecule has 0 fully saturated rings. The number of halogens is 2. The third-order valence-corrected chi connectivity index (χ3v) is 2.63. The molecular weight excluding hydrogens is 261 g/mol. The van der Waals surface area contributed by atoms with Gasteiger partial charge in [-0.1, -0.05) is 23.2 Å². The van der Waals surface area contributed by atoms with E-state index in [1.54, 1.807) is 30.5 Å². The number of benzene rings is 1. The van der Waals surface area contributed by atoms with Gasteiger partial charge in [0.2, 0.25) is 5.88 Å². The molecule has 17 heavy (non-hydrogen) atoms. The monoisotopic (exact) mass is 269 g/mol. The van der Waals surface area contributed by atoms with Crippen molar-refractivity contribution >= 4 is 23.2 Å². The number of nitrogens with two attached hydrogens (primary N) is 1. The number of ether oxygens (including phenoxy) is 1. The molecule has 0 saturated heterocycles. The number of aromatic nitrogens is 2. The Morgan fingerprint density at radius 3 is 2.82 bits per heavy atom. The second-order valence-corrected chi connectivity index (χ2v) is 4.09. The molecule has 0 bridgehead atoms. The number of hydrogen-bond donors (Lipinski definition) is 1. The summed E-state index contributed by atoms with van der Waals surface area (Å²) < 4.78 is 5.54. The van der Waals surface area contributed by atoms with Crippen LogP contribution in [0.2, 0.25) is 10.0 Å². The predicted octanol–water partition coefficient (Wildman–Crippen LogP) is 3.03. The average Bonchev–Trinajstić information content (AvgIpc) is 2.34. The highest BCUT2D eigenvalue weighted by Gasteiger charge is 2.08. The molecule has 6 heteroatoms. The minimum atomic E-state index is 0.309. The van der Waals surface area contributed by atoms with Crippen LogP contribution >= 0.6 is 23.2 Å². The van der Waals surface area contributed by atoms with Crippen LogP contribution < -0.4 is 10.5 Å². The van der Waals surface area contributed by atoms with E-state index in [1.807, 2.05) is 0 Å². The number of hydrogen-bond acceptors (Lipinski definition) is 4. The lowest BCUT2D eigenvalue weighted by atomic mass is 10.3. The summed E-state index contributed by atoms with van der Waals surface area (Å²) in [4.78, 5) is 0. The molecule has 0 radical (unpaired) electrons. The number of nitrogens with zero attached hydrogens (tertiary/aromatic N) is 2. The van der Waals surface area contributed by atoms with Crippen LogP contribution in [-0.4, -0.2) is 10.2 Å². The molecule has 0 aliphatic rings. The van der Waals surface area contributed by atoms with Crippen molar-refractivity contribution in [1.29, 1.82) is 0 Å². The van der Waals surface area contributed by atoms with Gasteiger partial charge in [-0.25, -0.2) is 0 Å². The van der Waals surface area contributed by atoms with Crippen molar-refractivity contribution in [1.82, 2.24) is 10.2 Å². The molecule has 2 rings (SSSR count). The molecule has 0 atom stereocenters. The van der Waals surface area contributed by atoms with Gasteiger partial charge in [0.15, 0.2) is 0 Å². The first-order valence-corrected chi connectivity index (χ1v) is 5.60. The van der Waals surface area contributed by atoms with E-state index in [1.165, 1.54) is 0 Å². The van der Waals surface area contributed by atoms with Gasteiger partial charge in [0.1, 0.15) is 5.75 Å². The molecule has 0 aliphatic heterocycles. The minimum Gasteiger partial charge on any atom is -0.436 e. The van der Waals surface area contributed by atoms with Crippen LogP contribution in [0.1, 0.15) is 5.56 Å². The summed E-state index contributed by atoms with van der Waals surface area (Å²) in [7, 11) is 0. The Hall–Kier alpha value is -1.36. The van der Waals surface area contributed by atoms with Crippen molar-refractivity contribution in [2.75, 3.05) is 0 Å². The summed E-state index contributed by atoms with van der Waals surface area (Å²) in [6.45, 7) is 0.309. The lowest BCUT2D eigenvalue weighted by Gasteiger charge is -2.09. The molecule has 0 amide bonds. The Labute approximate surface area is 108 Å². The zero-order valence-electron chi connectivity index (χ0n) is 8.73. The van der Waals surface area contributed by atoms with E-state index in [0.29, 0.717) is 28.2 Å². The van der Waals surface area contributed by atoms with Gasteiger partial charge in [0, 0.05) is 23.2 Å². The van der Waals surface area contributed by atoms with Crippen LogP contribution in [0.25, 0.3) is 0 Å². The fourth-order valence-corrected chi connectivity index (χ4v) is 1.56. The zero-order valence-corrected chi connectivity index (χ0v) is 10.2. The fourth-order valence-electron chi connectivity index (χ4n) is 1.25. The highest BCUT2D eigenvalue weighted by molar-refractivity contribution is 6.34. The predicted molar refractivity (Wildman–Crippen MR) is 66.5 cm³/mol. The van der Waals surface area contributed by atoms with Gasteiger partial charge in [0.25, 0.3) is 0 Å². The van der Waals surface area contributed by atoms with Crippen LogP contribution in [0.4, 0.5) is 0 Å². The Kier molecular flexibility index (Phi) is 3.78. The van der Waals surface area contributed by atoms with E-state index >= 15 is 0 Å². The van der Waals surface area contributed by atoms with E-state index in [4.69, 9.17) is 33.7 Å². The normalized spacial score (nSPS) is 10.3. The summed E-state index contributed by atoms with van der Waals surface area (Å²) in [5.74, 6) is 0.758. The molecule has 1 aromatic heterocycles. The first-order chi connectivity index (χ1) is 8.20. The Morgan fingerprint density at radius 2 is 2.06 bits per heavy atom. The average molecular weight is 270 g/mol. The maximum absolute atomic E-state index is 5.98. The second-order valence-electron chi connectivity index (χ2n) is 3.24. The number of rotatable bonds is 3. The molecule has 88 valence electrons. The van der Waals surface area contributed by atoms with Crippen molar-refractivity contribution in [2.45, 2.75) is 6.54 Å². The fraction of sp³-hybridized carbons (Fsp3) is 0.0909. The topological polar surface area (TPSA) is 61.0 Å². The molecule has 2 aromatic rings. The highest BCUT2D eigenvalue weighted by atomic mass is 35.5. The standard InChI is InChI=1S/C11H9Cl2N3O/c12-8-1-2-9(13)10(5-8)17-11-7(6-14)3-4-15-16-11/h1-5H,6,14H2. The van der Waals surface area contributed by atoms with Crippen LogP contribution in [0.5, 0.6) is 11.6 Å².